The molecular formula is C34H31N3O5. The topological polar surface area (TPSA) is 123 Å². The number of carbonyl (C=O) groups is 2. The van der Waals surface area contributed by atoms with E-state index in [0.29, 0.717) is 33.4 Å². The molecule has 0 aliphatic rings. The number of phenols is 1. The van der Waals surface area contributed by atoms with Crippen LogP contribution in [0.1, 0.15) is 18.6 Å². The van der Waals surface area contributed by atoms with Crippen molar-refractivity contribution in [3.63, 3.8) is 0 Å². The minimum absolute atomic E-state index is 0.0941. The molecular weight excluding hydrogens is 530 g/mol. The second-order valence-electron chi connectivity index (χ2n) is 9.55. The predicted molar refractivity (Wildman–Crippen MR) is 166 cm³/mol. The van der Waals surface area contributed by atoms with Crippen molar-refractivity contribution in [3.05, 3.63) is 121 Å². The number of para-hydroxylation sites is 2. The summed E-state index contributed by atoms with van der Waals surface area (Å²) in [6, 6.07) is 30.8. The summed E-state index contributed by atoms with van der Waals surface area (Å²) in [5, 5.41) is 19.2. The van der Waals surface area contributed by atoms with Crippen LogP contribution in [0.5, 0.6) is 5.75 Å². The van der Waals surface area contributed by atoms with Gasteiger partial charge in [0.05, 0.1) is 17.1 Å². The van der Waals surface area contributed by atoms with Crippen LogP contribution < -0.4 is 16.4 Å². The molecule has 0 fully saturated rings. The number of aromatic hydroxyl groups is 1. The molecule has 8 heteroatoms. The molecule has 0 aliphatic carbocycles. The van der Waals surface area contributed by atoms with Gasteiger partial charge in [-0.15, -0.1) is 0 Å². The highest BCUT2D eigenvalue weighted by atomic mass is 16.6. The van der Waals surface area contributed by atoms with Crippen LogP contribution >= 0.6 is 0 Å². The number of benzene rings is 5. The number of rotatable bonds is 9. The zero-order valence-electron chi connectivity index (χ0n) is 23.0. The number of amides is 2. The number of nitrogen functional groups attached to an aromatic ring is 1. The molecule has 5 N–H and O–H groups in total. The zero-order chi connectivity index (χ0) is 29.5. The van der Waals surface area contributed by atoms with E-state index in [1.165, 1.54) is 6.08 Å². The number of nitrogens with one attached hydrogen (secondary N) is 2. The number of hydrogen-bond donors (Lipinski definition) is 4. The molecule has 2 atom stereocenters. The van der Waals surface area contributed by atoms with Crippen molar-refractivity contribution in [1.29, 1.82) is 0 Å². The summed E-state index contributed by atoms with van der Waals surface area (Å²) in [6.07, 6.45) is 0.355. The molecule has 0 unspecified atom stereocenters. The van der Waals surface area contributed by atoms with E-state index in [0.717, 1.165) is 10.8 Å². The second kappa shape index (κ2) is 12.9. The van der Waals surface area contributed by atoms with Gasteiger partial charge in [0.1, 0.15) is 11.9 Å². The number of nitrogens with two attached hydrogens (primary N) is 1. The largest absolute Gasteiger partial charge is 0.507 e. The lowest BCUT2D eigenvalue weighted by atomic mass is 9.96. The highest BCUT2D eigenvalue weighted by molar-refractivity contribution is 6.02. The van der Waals surface area contributed by atoms with Crippen molar-refractivity contribution in [1.82, 2.24) is 0 Å². The smallest absolute Gasteiger partial charge is 0.412 e. The van der Waals surface area contributed by atoms with Gasteiger partial charge >= 0.3 is 6.09 Å². The second-order valence-corrected chi connectivity index (χ2v) is 9.55. The standard InChI is InChI=1S/C34H31N3O5/c1-2-41-31(20-21-32(39)36-29-16-8-7-15-27(29)35)33(26-18-19-30(38)25-14-6-5-13-24(25)26)42-34(40)37-28-17-9-11-22-10-3-4-12-23(22)28/h3-21,31,33,38H,2,35H2,1H3,(H,36,39)(H,37,40)/b21-20+/t31-,33-/m1/s1. The number of hydrogen-bond acceptors (Lipinski definition) is 6. The number of carbonyl (C=O) groups excluding carboxylic acids is 2. The van der Waals surface area contributed by atoms with Crippen LogP contribution in [0.4, 0.5) is 21.9 Å². The van der Waals surface area contributed by atoms with Crippen LogP contribution in [0.2, 0.25) is 0 Å². The van der Waals surface area contributed by atoms with Crippen molar-refractivity contribution in [2.45, 2.75) is 19.1 Å². The van der Waals surface area contributed by atoms with E-state index in [4.69, 9.17) is 15.2 Å². The molecule has 0 radical (unpaired) electrons. The lowest BCUT2D eigenvalue weighted by molar-refractivity contribution is -0.112. The van der Waals surface area contributed by atoms with Crippen LogP contribution in [0, 0.1) is 0 Å². The van der Waals surface area contributed by atoms with Gasteiger partial charge in [-0.25, -0.2) is 4.79 Å². The van der Waals surface area contributed by atoms with E-state index < -0.39 is 24.2 Å². The minimum atomic E-state index is -0.976. The monoisotopic (exact) mass is 561 g/mol. The van der Waals surface area contributed by atoms with Gasteiger partial charge < -0.3 is 25.6 Å². The normalized spacial score (nSPS) is 12.7. The number of anilines is 3. The maximum atomic E-state index is 13.4. The van der Waals surface area contributed by atoms with Crippen LogP contribution in [0.3, 0.4) is 0 Å². The lowest BCUT2D eigenvalue weighted by Crippen LogP contribution is -2.28. The van der Waals surface area contributed by atoms with Gasteiger partial charge in [-0.2, -0.15) is 0 Å². The quantitative estimate of drug-likeness (QED) is 0.112. The Morgan fingerprint density at radius 2 is 1.48 bits per heavy atom. The molecule has 5 rings (SSSR count). The van der Waals surface area contributed by atoms with Gasteiger partial charge in [0.25, 0.3) is 0 Å². The number of fused-ring (bicyclic) bond motifs is 2. The Morgan fingerprint density at radius 3 is 2.26 bits per heavy atom. The first kappa shape index (κ1) is 28.2. The summed E-state index contributed by atoms with van der Waals surface area (Å²) in [7, 11) is 0. The van der Waals surface area contributed by atoms with Crippen LogP contribution in [0.15, 0.2) is 115 Å². The maximum absolute atomic E-state index is 13.4. The van der Waals surface area contributed by atoms with Gasteiger partial charge in [-0.1, -0.05) is 78.9 Å². The fraction of sp³-hybridized carbons (Fsp3) is 0.118. The highest BCUT2D eigenvalue weighted by Gasteiger charge is 2.29. The summed E-state index contributed by atoms with van der Waals surface area (Å²) in [5.74, 6) is -0.330. The maximum Gasteiger partial charge on any atom is 0.412 e. The van der Waals surface area contributed by atoms with E-state index in [1.54, 1.807) is 54.6 Å². The number of ether oxygens (including phenoxy) is 2. The first-order valence-electron chi connectivity index (χ1n) is 13.6. The fourth-order valence-electron chi connectivity index (χ4n) is 4.86. The van der Waals surface area contributed by atoms with Gasteiger partial charge in [-0.3, -0.25) is 10.1 Å². The Kier molecular flexibility index (Phi) is 8.65. The van der Waals surface area contributed by atoms with E-state index in [1.807, 2.05) is 61.5 Å². The summed E-state index contributed by atoms with van der Waals surface area (Å²) >= 11 is 0. The third kappa shape index (κ3) is 6.35. The molecule has 0 saturated heterocycles. The van der Waals surface area contributed by atoms with Gasteiger partial charge in [0, 0.05) is 29.0 Å². The summed E-state index contributed by atoms with van der Waals surface area (Å²) in [5.41, 5.74) is 8.07. The summed E-state index contributed by atoms with van der Waals surface area (Å²) in [6.45, 7) is 2.09. The first-order valence-corrected chi connectivity index (χ1v) is 13.6. The average molecular weight is 562 g/mol. The van der Waals surface area contributed by atoms with Crippen molar-refractivity contribution in [2.75, 3.05) is 23.0 Å². The Labute approximate surface area is 243 Å². The molecule has 0 heterocycles. The molecule has 42 heavy (non-hydrogen) atoms. The lowest BCUT2D eigenvalue weighted by Gasteiger charge is -2.26. The molecule has 5 aromatic carbocycles. The van der Waals surface area contributed by atoms with Crippen LogP contribution in [-0.2, 0) is 14.3 Å². The molecule has 212 valence electrons. The Hall–Kier alpha value is -5.34. The third-order valence-electron chi connectivity index (χ3n) is 6.82. The van der Waals surface area contributed by atoms with Crippen LogP contribution in [0.25, 0.3) is 21.5 Å². The van der Waals surface area contributed by atoms with Crippen molar-refractivity contribution in [3.8, 4) is 5.75 Å². The van der Waals surface area contributed by atoms with Gasteiger partial charge in [-0.05, 0) is 48.0 Å². The third-order valence-corrected chi connectivity index (χ3v) is 6.82. The SMILES string of the molecule is CCO[C@H](/C=C/C(=O)Nc1ccccc1N)[C@H](OC(=O)Nc1cccc2ccccc12)c1ccc(O)c2ccccc12. The molecule has 0 aliphatic heterocycles. The summed E-state index contributed by atoms with van der Waals surface area (Å²) in [4.78, 5) is 26.2. The predicted octanol–water partition coefficient (Wildman–Crippen LogP) is 7.17. The highest BCUT2D eigenvalue weighted by Crippen LogP contribution is 2.35. The van der Waals surface area contributed by atoms with Gasteiger partial charge in [0.2, 0.25) is 5.91 Å². The Balaban J connectivity index is 1.49. The van der Waals surface area contributed by atoms with E-state index in [2.05, 4.69) is 10.6 Å². The zero-order valence-corrected chi connectivity index (χ0v) is 23.0. The molecule has 8 nitrogen and oxygen atoms in total. The number of phenolic OH excluding ortho intramolecular Hbond substituents is 1. The van der Waals surface area contributed by atoms with Crippen molar-refractivity contribution in [2.24, 2.45) is 0 Å². The molecule has 0 saturated carbocycles. The molecule has 0 aromatic heterocycles. The molecule has 0 spiro atoms. The van der Waals surface area contributed by atoms with Crippen molar-refractivity contribution < 1.29 is 24.2 Å². The Bertz CT molecular complexity index is 1760. The van der Waals surface area contributed by atoms with Gasteiger partial charge in [0.15, 0.2) is 6.10 Å². The van der Waals surface area contributed by atoms with E-state index in [9.17, 15) is 14.7 Å². The fourth-order valence-corrected chi connectivity index (χ4v) is 4.86. The van der Waals surface area contributed by atoms with E-state index in [-0.39, 0.29) is 12.4 Å². The molecule has 2 amide bonds. The van der Waals surface area contributed by atoms with E-state index >= 15 is 0 Å². The molecule has 0 bridgehead atoms. The minimum Gasteiger partial charge on any atom is -0.507 e. The summed E-state index contributed by atoms with van der Waals surface area (Å²) < 4.78 is 12.1. The average Bonchev–Trinajstić information content (AvgIpc) is 3.00. The van der Waals surface area contributed by atoms with Crippen LogP contribution in [-0.4, -0.2) is 29.8 Å². The first-order chi connectivity index (χ1) is 20.4. The molecule has 5 aromatic rings. The van der Waals surface area contributed by atoms with Crippen molar-refractivity contribution >= 4 is 50.6 Å². The Morgan fingerprint density at radius 1 is 0.810 bits per heavy atom.